The summed E-state index contributed by atoms with van der Waals surface area (Å²) < 4.78 is 0. The van der Waals surface area contributed by atoms with Gasteiger partial charge in [0.2, 0.25) is 0 Å². The lowest BCUT2D eigenvalue weighted by atomic mass is 10.0. The van der Waals surface area contributed by atoms with Crippen LogP contribution < -0.4 is 5.73 Å². The van der Waals surface area contributed by atoms with Crippen molar-refractivity contribution >= 4 is 5.69 Å². The maximum atomic E-state index is 8.29. The molecule has 0 aliphatic rings. The summed E-state index contributed by atoms with van der Waals surface area (Å²) in [4.78, 5) is 0. The average molecular weight is 170 g/mol. The van der Waals surface area contributed by atoms with Crippen molar-refractivity contribution in [1.82, 2.24) is 0 Å². The number of nitriles is 1. The van der Waals surface area contributed by atoms with E-state index in [0.717, 1.165) is 22.4 Å². The van der Waals surface area contributed by atoms with Gasteiger partial charge in [-0.3, -0.25) is 0 Å². The van der Waals surface area contributed by atoms with Gasteiger partial charge in [-0.15, -0.1) is 0 Å². The first-order valence-corrected chi connectivity index (χ1v) is 3.92. The number of nitrogens with two attached hydrogens (primary N) is 1. The predicted octanol–water partition coefficient (Wildman–Crippen LogP) is 1.76. The van der Waals surface area contributed by atoms with Crippen LogP contribution in [0.3, 0.4) is 0 Å². The van der Waals surface area contributed by atoms with E-state index in [9.17, 15) is 0 Å². The maximum Gasteiger partial charge on any atom is 0.152 e. The highest BCUT2D eigenvalue weighted by Gasteiger charge is 1.98. The molecule has 0 bridgehead atoms. The van der Waals surface area contributed by atoms with Crippen molar-refractivity contribution in [3.63, 3.8) is 0 Å². The Balaban J connectivity index is 3.25. The molecule has 0 aliphatic carbocycles. The van der Waals surface area contributed by atoms with Crippen LogP contribution in [-0.2, 0) is 0 Å². The standard InChI is InChI=1S/C11H10N2/c1-8-7-11(13)9(2)6-10(8)4-3-5-12/h6-7H,13H2,1-2H3. The van der Waals surface area contributed by atoms with Crippen LogP contribution in [0.4, 0.5) is 5.69 Å². The van der Waals surface area contributed by atoms with Gasteiger partial charge >= 0.3 is 0 Å². The van der Waals surface area contributed by atoms with Gasteiger partial charge in [0.05, 0.1) is 0 Å². The van der Waals surface area contributed by atoms with Crippen molar-refractivity contribution in [2.45, 2.75) is 13.8 Å². The number of hydrogen-bond donors (Lipinski definition) is 1. The van der Waals surface area contributed by atoms with E-state index in [2.05, 4.69) is 11.8 Å². The van der Waals surface area contributed by atoms with Gasteiger partial charge in [0.1, 0.15) is 0 Å². The largest absolute Gasteiger partial charge is 0.399 e. The zero-order valence-electron chi connectivity index (χ0n) is 7.68. The fourth-order valence-corrected chi connectivity index (χ4v) is 1.07. The Labute approximate surface area is 78.0 Å². The zero-order chi connectivity index (χ0) is 9.84. The highest BCUT2D eigenvalue weighted by atomic mass is 14.6. The summed E-state index contributed by atoms with van der Waals surface area (Å²) in [5, 5.41) is 8.29. The van der Waals surface area contributed by atoms with Crippen molar-refractivity contribution in [3.05, 3.63) is 28.8 Å². The molecular formula is C11H10N2. The van der Waals surface area contributed by atoms with E-state index in [-0.39, 0.29) is 0 Å². The molecule has 0 atom stereocenters. The Morgan fingerprint density at radius 1 is 1.23 bits per heavy atom. The molecule has 0 radical (unpaired) electrons. The topological polar surface area (TPSA) is 49.8 Å². The summed E-state index contributed by atoms with van der Waals surface area (Å²) in [7, 11) is 0. The average Bonchev–Trinajstić information content (AvgIpc) is 2.09. The second kappa shape index (κ2) is 3.65. The van der Waals surface area contributed by atoms with Crippen LogP contribution in [0.5, 0.6) is 0 Å². The van der Waals surface area contributed by atoms with Crippen molar-refractivity contribution in [2.75, 3.05) is 5.73 Å². The molecule has 0 aliphatic heterocycles. The molecule has 0 saturated heterocycles. The van der Waals surface area contributed by atoms with Crippen molar-refractivity contribution in [3.8, 4) is 17.9 Å². The first-order valence-electron chi connectivity index (χ1n) is 3.92. The molecule has 64 valence electrons. The number of rotatable bonds is 0. The monoisotopic (exact) mass is 170 g/mol. The summed E-state index contributed by atoms with van der Waals surface area (Å²) in [6, 6.07) is 5.55. The number of aryl methyl sites for hydroxylation is 2. The fourth-order valence-electron chi connectivity index (χ4n) is 1.07. The Bertz CT molecular complexity index is 428. The van der Waals surface area contributed by atoms with Gasteiger partial charge in [0, 0.05) is 17.2 Å². The lowest BCUT2D eigenvalue weighted by Crippen LogP contribution is -1.92. The van der Waals surface area contributed by atoms with Crippen molar-refractivity contribution in [2.24, 2.45) is 0 Å². The quantitative estimate of drug-likeness (QED) is 0.476. The van der Waals surface area contributed by atoms with E-state index in [4.69, 9.17) is 11.0 Å². The molecule has 0 saturated carbocycles. The summed E-state index contributed by atoms with van der Waals surface area (Å²) in [6.45, 7) is 3.85. The van der Waals surface area contributed by atoms with Crippen LogP contribution in [0.25, 0.3) is 0 Å². The third-order valence-electron chi connectivity index (χ3n) is 1.87. The third-order valence-corrected chi connectivity index (χ3v) is 1.87. The van der Waals surface area contributed by atoms with Crippen LogP contribution in [0.15, 0.2) is 12.1 Å². The Morgan fingerprint density at radius 3 is 2.54 bits per heavy atom. The first-order chi connectivity index (χ1) is 6.15. The van der Waals surface area contributed by atoms with E-state index in [1.54, 1.807) is 6.07 Å². The molecule has 0 heterocycles. The SMILES string of the molecule is Cc1cc(C#CC#N)c(C)cc1N. The van der Waals surface area contributed by atoms with Crippen LogP contribution in [0.2, 0.25) is 0 Å². The molecule has 2 N–H and O–H groups in total. The zero-order valence-corrected chi connectivity index (χ0v) is 7.68. The third kappa shape index (κ3) is 2.01. The Morgan fingerprint density at radius 2 is 1.92 bits per heavy atom. The molecule has 0 fully saturated rings. The Kier molecular flexibility index (Phi) is 2.57. The smallest absolute Gasteiger partial charge is 0.152 e. The summed E-state index contributed by atoms with van der Waals surface area (Å²) >= 11 is 0. The van der Waals surface area contributed by atoms with Crippen LogP contribution in [0.1, 0.15) is 16.7 Å². The molecular weight excluding hydrogens is 160 g/mol. The number of anilines is 1. The van der Waals surface area contributed by atoms with E-state index >= 15 is 0 Å². The molecule has 0 spiro atoms. The van der Waals surface area contributed by atoms with E-state index in [0.29, 0.717) is 0 Å². The molecule has 0 unspecified atom stereocenters. The van der Waals surface area contributed by atoms with E-state index in [1.807, 2.05) is 26.0 Å². The van der Waals surface area contributed by atoms with Crippen LogP contribution in [0, 0.1) is 37.0 Å². The van der Waals surface area contributed by atoms with E-state index < -0.39 is 0 Å². The predicted molar refractivity (Wildman–Crippen MR) is 52.8 cm³/mol. The minimum Gasteiger partial charge on any atom is -0.399 e. The molecule has 1 aromatic rings. The molecule has 2 heteroatoms. The second-order valence-corrected chi connectivity index (χ2v) is 2.89. The maximum absolute atomic E-state index is 8.29. The number of nitrogen functional groups attached to an aromatic ring is 1. The number of nitrogens with zero attached hydrogens (tertiary/aromatic N) is 1. The fraction of sp³-hybridized carbons (Fsp3) is 0.182. The highest BCUT2D eigenvalue weighted by Crippen LogP contribution is 2.16. The lowest BCUT2D eigenvalue weighted by molar-refractivity contribution is 1.37. The van der Waals surface area contributed by atoms with E-state index in [1.165, 1.54) is 0 Å². The minimum atomic E-state index is 0.764. The van der Waals surface area contributed by atoms with Gasteiger partial charge in [-0.2, -0.15) is 5.26 Å². The molecule has 1 aromatic carbocycles. The van der Waals surface area contributed by atoms with Crippen molar-refractivity contribution < 1.29 is 0 Å². The Hall–Kier alpha value is -1.93. The molecule has 1 rings (SSSR count). The summed E-state index contributed by atoms with van der Waals surface area (Å²) in [5.41, 5.74) is 9.34. The molecule has 0 aromatic heterocycles. The minimum absolute atomic E-state index is 0.764. The van der Waals surface area contributed by atoms with Gasteiger partial charge in [0.25, 0.3) is 0 Å². The summed E-state index contributed by atoms with van der Waals surface area (Å²) in [6.07, 6.45) is 0. The summed E-state index contributed by atoms with van der Waals surface area (Å²) in [5.74, 6) is 5.13. The van der Waals surface area contributed by atoms with Gasteiger partial charge in [-0.25, -0.2) is 0 Å². The number of hydrogen-bond acceptors (Lipinski definition) is 2. The molecule has 13 heavy (non-hydrogen) atoms. The van der Waals surface area contributed by atoms with Crippen LogP contribution in [-0.4, -0.2) is 0 Å². The normalized spacial score (nSPS) is 8.38. The highest BCUT2D eigenvalue weighted by molar-refractivity contribution is 5.56. The van der Waals surface area contributed by atoms with Gasteiger partial charge in [-0.1, -0.05) is 5.92 Å². The number of benzene rings is 1. The second-order valence-electron chi connectivity index (χ2n) is 2.89. The van der Waals surface area contributed by atoms with Gasteiger partial charge in [0.15, 0.2) is 6.07 Å². The van der Waals surface area contributed by atoms with Crippen LogP contribution >= 0.6 is 0 Å². The first kappa shape index (κ1) is 9.16. The molecule has 0 amide bonds. The van der Waals surface area contributed by atoms with Gasteiger partial charge in [-0.05, 0) is 37.1 Å². The lowest BCUT2D eigenvalue weighted by Gasteiger charge is -2.03. The molecule has 2 nitrogen and oxygen atoms in total. The van der Waals surface area contributed by atoms with Gasteiger partial charge < -0.3 is 5.73 Å². The van der Waals surface area contributed by atoms with Crippen molar-refractivity contribution in [1.29, 1.82) is 5.26 Å².